The molecule has 4 rings (SSSR count). The summed E-state index contributed by atoms with van der Waals surface area (Å²) < 4.78 is 5.56. The van der Waals surface area contributed by atoms with E-state index in [0.29, 0.717) is 31.2 Å². The average molecular weight is 421 g/mol. The number of piperazine rings is 1. The van der Waals surface area contributed by atoms with Crippen LogP contribution in [0.4, 0.5) is 0 Å². The first kappa shape index (κ1) is 20.9. The van der Waals surface area contributed by atoms with E-state index in [1.165, 1.54) is 0 Å². The van der Waals surface area contributed by atoms with Crippen LogP contribution in [-0.4, -0.2) is 71.7 Å². The lowest BCUT2D eigenvalue weighted by Crippen LogP contribution is -2.52. The molecular weight excluding hydrogens is 392 g/mol. The van der Waals surface area contributed by atoms with Crippen LogP contribution in [0, 0.1) is 12.3 Å². The summed E-state index contributed by atoms with van der Waals surface area (Å²) in [6, 6.07) is 15.4. The zero-order valence-electron chi connectivity index (χ0n) is 17.8. The Hall–Kier alpha value is -3.35. The molecule has 0 bridgehead atoms. The van der Waals surface area contributed by atoms with Gasteiger partial charge in [0.25, 0.3) is 5.91 Å². The molecule has 0 spiro atoms. The molecule has 7 nitrogen and oxygen atoms in total. The number of nitrogens with one attached hydrogen (secondary N) is 1. The van der Waals surface area contributed by atoms with Crippen molar-refractivity contribution in [1.29, 1.82) is 5.41 Å². The van der Waals surface area contributed by atoms with Crippen molar-refractivity contribution in [2.24, 2.45) is 0 Å². The van der Waals surface area contributed by atoms with E-state index in [1.807, 2.05) is 55.5 Å². The SMILES string of the molecule is Cc1ccc(OCC(=O)N2CCN(Cc3ccc(C(=N)N4CCC4)cc3)C(=O)C2)cc1. The van der Waals surface area contributed by atoms with Crippen LogP contribution in [0.1, 0.15) is 23.1 Å². The maximum atomic E-state index is 12.6. The first-order valence-electron chi connectivity index (χ1n) is 10.7. The number of amides is 2. The average Bonchev–Trinajstić information content (AvgIpc) is 2.74. The molecule has 2 saturated heterocycles. The van der Waals surface area contributed by atoms with E-state index in [0.717, 1.165) is 36.2 Å². The molecule has 0 atom stereocenters. The van der Waals surface area contributed by atoms with Crippen molar-refractivity contribution in [1.82, 2.24) is 14.7 Å². The zero-order valence-corrected chi connectivity index (χ0v) is 17.8. The minimum atomic E-state index is -0.178. The summed E-state index contributed by atoms with van der Waals surface area (Å²) in [6.07, 6.45) is 1.15. The van der Waals surface area contributed by atoms with Gasteiger partial charge in [-0.25, -0.2) is 0 Å². The number of carbonyl (C=O) groups excluding carboxylic acids is 2. The largest absolute Gasteiger partial charge is 0.484 e. The van der Waals surface area contributed by atoms with Gasteiger partial charge in [-0.1, -0.05) is 42.0 Å². The predicted octanol–water partition coefficient (Wildman–Crippen LogP) is 2.28. The number of hydrogen-bond acceptors (Lipinski definition) is 4. The second-order valence-corrected chi connectivity index (χ2v) is 8.12. The first-order valence-corrected chi connectivity index (χ1v) is 10.7. The van der Waals surface area contributed by atoms with Crippen molar-refractivity contribution in [3.05, 3.63) is 65.2 Å². The highest BCUT2D eigenvalue weighted by molar-refractivity contribution is 5.96. The second kappa shape index (κ2) is 9.20. The Balaban J connectivity index is 1.26. The molecule has 31 heavy (non-hydrogen) atoms. The van der Waals surface area contributed by atoms with Crippen molar-refractivity contribution < 1.29 is 14.3 Å². The number of aryl methyl sites for hydroxylation is 1. The van der Waals surface area contributed by atoms with Crippen molar-refractivity contribution in [3.63, 3.8) is 0 Å². The molecule has 162 valence electrons. The third-order valence-corrected chi connectivity index (χ3v) is 5.83. The number of ether oxygens (including phenoxy) is 1. The Morgan fingerprint density at radius 1 is 0.968 bits per heavy atom. The van der Waals surface area contributed by atoms with Gasteiger partial charge in [0.15, 0.2) is 6.61 Å². The van der Waals surface area contributed by atoms with Gasteiger partial charge in [0.1, 0.15) is 11.6 Å². The van der Waals surface area contributed by atoms with Gasteiger partial charge in [0.05, 0.1) is 6.54 Å². The van der Waals surface area contributed by atoms with Crippen LogP contribution in [0.3, 0.4) is 0 Å². The molecule has 2 aromatic carbocycles. The Morgan fingerprint density at radius 3 is 2.29 bits per heavy atom. The van der Waals surface area contributed by atoms with Gasteiger partial charge >= 0.3 is 0 Å². The second-order valence-electron chi connectivity index (χ2n) is 8.12. The number of carbonyl (C=O) groups is 2. The first-order chi connectivity index (χ1) is 15.0. The van der Waals surface area contributed by atoms with Gasteiger partial charge in [-0.2, -0.15) is 0 Å². The van der Waals surface area contributed by atoms with Crippen molar-refractivity contribution >= 4 is 17.6 Å². The van der Waals surface area contributed by atoms with Crippen LogP contribution in [-0.2, 0) is 16.1 Å². The molecule has 2 aliphatic heterocycles. The molecule has 2 aromatic rings. The summed E-state index contributed by atoms with van der Waals surface area (Å²) in [4.78, 5) is 30.4. The summed E-state index contributed by atoms with van der Waals surface area (Å²) in [5, 5.41) is 8.22. The van der Waals surface area contributed by atoms with Crippen LogP contribution < -0.4 is 4.74 Å². The number of rotatable bonds is 6. The monoisotopic (exact) mass is 420 g/mol. The highest BCUT2D eigenvalue weighted by Crippen LogP contribution is 2.16. The molecule has 1 N–H and O–H groups in total. The van der Waals surface area contributed by atoms with E-state index < -0.39 is 0 Å². The molecule has 7 heteroatoms. The quantitative estimate of drug-likeness (QED) is 0.575. The van der Waals surface area contributed by atoms with E-state index in [-0.39, 0.29) is 25.0 Å². The van der Waals surface area contributed by atoms with Crippen LogP contribution in [0.15, 0.2) is 48.5 Å². The highest BCUT2D eigenvalue weighted by Gasteiger charge is 2.27. The van der Waals surface area contributed by atoms with Gasteiger partial charge in [-0.05, 0) is 31.0 Å². The molecule has 0 aliphatic carbocycles. The Kier molecular flexibility index (Phi) is 6.21. The Bertz CT molecular complexity index is 952. The standard InChI is InChI=1S/C24H28N4O3/c1-18-3-9-21(10-4-18)31-17-23(30)28-14-13-27(22(29)16-28)15-19-5-7-20(8-6-19)24(25)26-11-2-12-26/h3-10,25H,2,11-17H2,1H3. The van der Waals surface area contributed by atoms with E-state index in [4.69, 9.17) is 10.1 Å². The van der Waals surface area contributed by atoms with Gasteiger partial charge in [0, 0.05) is 38.3 Å². The summed E-state index contributed by atoms with van der Waals surface area (Å²) in [5.41, 5.74) is 3.05. The smallest absolute Gasteiger partial charge is 0.261 e. The lowest BCUT2D eigenvalue weighted by Gasteiger charge is -2.34. The molecule has 2 amide bonds. The van der Waals surface area contributed by atoms with Crippen molar-refractivity contribution in [2.75, 3.05) is 39.3 Å². The molecule has 2 fully saturated rings. The summed E-state index contributed by atoms with van der Waals surface area (Å²) >= 11 is 0. The van der Waals surface area contributed by atoms with Crippen LogP contribution in [0.25, 0.3) is 0 Å². The normalized spacial score (nSPS) is 16.2. The molecule has 0 aromatic heterocycles. The lowest BCUT2D eigenvalue weighted by molar-refractivity contribution is -0.146. The maximum Gasteiger partial charge on any atom is 0.261 e. The third kappa shape index (κ3) is 5.05. The number of hydrogen-bond donors (Lipinski definition) is 1. The van der Waals surface area contributed by atoms with Crippen molar-refractivity contribution in [3.8, 4) is 5.75 Å². The predicted molar refractivity (Wildman–Crippen MR) is 118 cm³/mol. The molecule has 2 aliphatic rings. The summed E-state index contributed by atoms with van der Waals surface area (Å²) in [6.45, 7) is 5.42. The molecular formula is C24H28N4O3. The lowest BCUT2D eigenvalue weighted by atomic mass is 10.1. The minimum absolute atomic E-state index is 0.0627. The van der Waals surface area contributed by atoms with Gasteiger partial charge in [0.2, 0.25) is 5.91 Å². The van der Waals surface area contributed by atoms with Crippen molar-refractivity contribution in [2.45, 2.75) is 19.9 Å². The number of amidine groups is 1. The van der Waals surface area contributed by atoms with Gasteiger partial charge in [-0.3, -0.25) is 15.0 Å². The van der Waals surface area contributed by atoms with Crippen LogP contribution in [0.5, 0.6) is 5.75 Å². The van der Waals surface area contributed by atoms with Crippen LogP contribution in [0.2, 0.25) is 0 Å². The summed E-state index contributed by atoms with van der Waals surface area (Å²) in [7, 11) is 0. The highest BCUT2D eigenvalue weighted by atomic mass is 16.5. The summed E-state index contributed by atoms with van der Waals surface area (Å²) in [5.74, 6) is 0.971. The minimum Gasteiger partial charge on any atom is -0.484 e. The molecule has 0 radical (unpaired) electrons. The Labute approximate surface area is 182 Å². The Morgan fingerprint density at radius 2 is 1.68 bits per heavy atom. The number of nitrogens with zero attached hydrogens (tertiary/aromatic N) is 3. The maximum absolute atomic E-state index is 12.6. The van der Waals surface area contributed by atoms with E-state index in [2.05, 4.69) is 4.90 Å². The zero-order chi connectivity index (χ0) is 21.8. The fourth-order valence-corrected chi connectivity index (χ4v) is 3.67. The van der Waals surface area contributed by atoms with E-state index in [1.54, 1.807) is 9.80 Å². The van der Waals surface area contributed by atoms with Gasteiger partial charge in [-0.15, -0.1) is 0 Å². The number of benzene rings is 2. The molecule has 0 unspecified atom stereocenters. The van der Waals surface area contributed by atoms with E-state index in [9.17, 15) is 9.59 Å². The fourth-order valence-electron chi connectivity index (χ4n) is 3.67. The number of likely N-dealkylation sites (tertiary alicyclic amines) is 1. The van der Waals surface area contributed by atoms with E-state index >= 15 is 0 Å². The molecule has 0 saturated carbocycles. The topological polar surface area (TPSA) is 76.9 Å². The fraction of sp³-hybridized carbons (Fsp3) is 0.375. The van der Waals surface area contributed by atoms with Crippen LogP contribution >= 0.6 is 0 Å². The van der Waals surface area contributed by atoms with Gasteiger partial charge < -0.3 is 19.4 Å². The molecule has 2 heterocycles. The third-order valence-electron chi connectivity index (χ3n) is 5.83.